The summed E-state index contributed by atoms with van der Waals surface area (Å²) in [4.78, 5) is 4.53. The maximum atomic E-state index is 13.7. The predicted molar refractivity (Wildman–Crippen MR) is 80.1 cm³/mol. The molecular formula is C15H20ClFN2O. The summed E-state index contributed by atoms with van der Waals surface area (Å²) in [5.41, 5.74) is 2.29. The van der Waals surface area contributed by atoms with E-state index in [-0.39, 0.29) is 11.9 Å². The molecule has 0 aliphatic rings. The first-order chi connectivity index (χ1) is 9.58. The zero-order valence-electron chi connectivity index (χ0n) is 12.1. The number of hydrogen-bond donors (Lipinski definition) is 0. The van der Waals surface area contributed by atoms with E-state index in [1.54, 1.807) is 14.0 Å². The number of halogens is 2. The van der Waals surface area contributed by atoms with E-state index in [4.69, 9.17) is 16.3 Å². The van der Waals surface area contributed by atoms with E-state index in [0.29, 0.717) is 30.0 Å². The lowest BCUT2D eigenvalue weighted by Crippen LogP contribution is -2.12. The fourth-order valence-corrected chi connectivity index (χ4v) is 2.61. The van der Waals surface area contributed by atoms with Gasteiger partial charge in [-0.15, -0.1) is 11.6 Å². The van der Waals surface area contributed by atoms with Crippen LogP contribution in [0, 0.1) is 12.7 Å². The maximum Gasteiger partial charge on any atom is 0.128 e. The lowest BCUT2D eigenvalue weighted by molar-refractivity contribution is 0.181. The molecule has 0 saturated heterocycles. The second-order valence-corrected chi connectivity index (χ2v) is 5.44. The Bertz CT molecular complexity index is 597. The summed E-state index contributed by atoms with van der Waals surface area (Å²) in [6.07, 6.45) is 1.56. The second-order valence-electron chi connectivity index (χ2n) is 5.06. The molecule has 0 spiro atoms. The van der Waals surface area contributed by atoms with Crippen molar-refractivity contribution in [1.29, 1.82) is 0 Å². The molecule has 20 heavy (non-hydrogen) atoms. The topological polar surface area (TPSA) is 27.1 Å². The SMILES string of the molecule is COCCC(C)n1c(CCCl)nc2cc(F)c(C)cc21. The van der Waals surface area contributed by atoms with Gasteiger partial charge in [-0.2, -0.15) is 0 Å². The Morgan fingerprint density at radius 1 is 1.45 bits per heavy atom. The number of aryl methyl sites for hydroxylation is 2. The summed E-state index contributed by atoms with van der Waals surface area (Å²) < 4.78 is 21.0. The lowest BCUT2D eigenvalue weighted by Gasteiger charge is -2.17. The summed E-state index contributed by atoms with van der Waals surface area (Å²) in [5.74, 6) is 1.19. The van der Waals surface area contributed by atoms with Crippen molar-refractivity contribution in [3.8, 4) is 0 Å². The Balaban J connectivity index is 2.52. The Kier molecular flexibility index (Phi) is 5.00. The Hall–Kier alpha value is -1.13. The van der Waals surface area contributed by atoms with Crippen LogP contribution in [0.25, 0.3) is 11.0 Å². The molecule has 3 nitrogen and oxygen atoms in total. The van der Waals surface area contributed by atoms with Gasteiger partial charge in [0.25, 0.3) is 0 Å². The first-order valence-electron chi connectivity index (χ1n) is 6.80. The Labute approximate surface area is 123 Å². The fourth-order valence-electron chi connectivity index (χ4n) is 2.44. The number of ether oxygens (including phenoxy) is 1. The fraction of sp³-hybridized carbons (Fsp3) is 0.533. The van der Waals surface area contributed by atoms with Crippen molar-refractivity contribution >= 4 is 22.6 Å². The van der Waals surface area contributed by atoms with Crippen LogP contribution >= 0.6 is 11.6 Å². The quantitative estimate of drug-likeness (QED) is 0.757. The molecule has 0 saturated carbocycles. The Morgan fingerprint density at radius 3 is 2.85 bits per heavy atom. The van der Waals surface area contributed by atoms with E-state index in [1.165, 1.54) is 6.07 Å². The van der Waals surface area contributed by atoms with Crippen molar-refractivity contribution in [2.45, 2.75) is 32.7 Å². The van der Waals surface area contributed by atoms with Gasteiger partial charge >= 0.3 is 0 Å². The highest BCUT2D eigenvalue weighted by molar-refractivity contribution is 6.17. The van der Waals surface area contributed by atoms with Crippen LogP contribution in [0.1, 0.15) is 30.8 Å². The van der Waals surface area contributed by atoms with Gasteiger partial charge in [0.05, 0.1) is 11.0 Å². The van der Waals surface area contributed by atoms with Gasteiger partial charge in [0.15, 0.2) is 0 Å². The molecule has 1 aromatic heterocycles. The van der Waals surface area contributed by atoms with Crippen molar-refractivity contribution in [3.05, 3.63) is 29.3 Å². The molecule has 0 bridgehead atoms. The summed E-state index contributed by atoms with van der Waals surface area (Å²) in [7, 11) is 1.69. The molecule has 2 rings (SSSR count). The van der Waals surface area contributed by atoms with Gasteiger partial charge in [0, 0.05) is 38.1 Å². The van der Waals surface area contributed by atoms with Crippen LogP contribution in [0.3, 0.4) is 0 Å². The van der Waals surface area contributed by atoms with Crippen LogP contribution in [0.15, 0.2) is 12.1 Å². The number of nitrogens with zero attached hydrogens (tertiary/aromatic N) is 2. The van der Waals surface area contributed by atoms with Gasteiger partial charge in [-0.25, -0.2) is 9.37 Å². The van der Waals surface area contributed by atoms with Crippen molar-refractivity contribution in [3.63, 3.8) is 0 Å². The van der Waals surface area contributed by atoms with Gasteiger partial charge in [-0.1, -0.05) is 0 Å². The molecule has 1 atom stereocenters. The smallest absolute Gasteiger partial charge is 0.128 e. The van der Waals surface area contributed by atoms with E-state index in [1.807, 2.05) is 6.07 Å². The van der Waals surface area contributed by atoms with Crippen molar-refractivity contribution in [2.24, 2.45) is 0 Å². The van der Waals surface area contributed by atoms with Gasteiger partial charge in [-0.05, 0) is 31.9 Å². The average Bonchev–Trinajstić information content (AvgIpc) is 2.74. The highest BCUT2D eigenvalue weighted by atomic mass is 35.5. The van der Waals surface area contributed by atoms with E-state index in [0.717, 1.165) is 17.8 Å². The first-order valence-corrected chi connectivity index (χ1v) is 7.33. The number of benzene rings is 1. The van der Waals surface area contributed by atoms with Crippen LogP contribution in [0.2, 0.25) is 0 Å². The summed E-state index contributed by atoms with van der Waals surface area (Å²) >= 11 is 5.86. The maximum absolute atomic E-state index is 13.7. The van der Waals surface area contributed by atoms with Gasteiger partial charge in [-0.3, -0.25) is 0 Å². The number of fused-ring (bicyclic) bond motifs is 1. The molecule has 0 aliphatic heterocycles. The molecule has 2 aromatic rings. The van der Waals surface area contributed by atoms with Gasteiger partial charge in [0.1, 0.15) is 11.6 Å². The molecule has 5 heteroatoms. The molecule has 0 radical (unpaired) electrons. The third-order valence-electron chi connectivity index (χ3n) is 3.54. The van der Waals surface area contributed by atoms with Crippen molar-refractivity contribution in [2.75, 3.05) is 19.6 Å². The van der Waals surface area contributed by atoms with Crippen molar-refractivity contribution < 1.29 is 9.13 Å². The van der Waals surface area contributed by atoms with Crippen LogP contribution in [-0.2, 0) is 11.2 Å². The minimum absolute atomic E-state index is 0.218. The largest absolute Gasteiger partial charge is 0.385 e. The zero-order chi connectivity index (χ0) is 14.7. The average molecular weight is 299 g/mol. The van der Waals surface area contributed by atoms with Crippen LogP contribution in [0.4, 0.5) is 4.39 Å². The molecule has 110 valence electrons. The number of imidazole rings is 1. The van der Waals surface area contributed by atoms with Crippen LogP contribution in [-0.4, -0.2) is 29.1 Å². The van der Waals surface area contributed by atoms with Crippen LogP contribution < -0.4 is 0 Å². The molecule has 1 unspecified atom stereocenters. The normalized spacial score (nSPS) is 13.1. The predicted octanol–water partition coefficient (Wildman–Crippen LogP) is 3.86. The Morgan fingerprint density at radius 2 is 2.20 bits per heavy atom. The summed E-state index contributed by atoms with van der Waals surface area (Å²) in [6, 6.07) is 3.60. The number of aromatic nitrogens is 2. The van der Waals surface area contributed by atoms with Crippen LogP contribution in [0.5, 0.6) is 0 Å². The standard InChI is InChI=1S/C15H20ClFN2O/c1-10-8-14-13(9-12(10)17)18-15(4-6-16)19(14)11(2)5-7-20-3/h8-9,11H,4-7H2,1-3H3. The molecular weight excluding hydrogens is 279 g/mol. The zero-order valence-corrected chi connectivity index (χ0v) is 12.9. The van der Waals surface area contributed by atoms with E-state index in [2.05, 4.69) is 16.5 Å². The number of rotatable bonds is 6. The molecule has 0 N–H and O–H groups in total. The molecule has 1 heterocycles. The number of alkyl halides is 1. The molecule has 0 fully saturated rings. The van der Waals surface area contributed by atoms with Gasteiger partial charge < -0.3 is 9.30 Å². The monoisotopic (exact) mass is 298 g/mol. The molecule has 1 aromatic carbocycles. The lowest BCUT2D eigenvalue weighted by atomic mass is 10.2. The van der Waals surface area contributed by atoms with E-state index in [9.17, 15) is 4.39 Å². The number of methoxy groups -OCH3 is 1. The molecule has 0 amide bonds. The van der Waals surface area contributed by atoms with E-state index >= 15 is 0 Å². The van der Waals surface area contributed by atoms with E-state index < -0.39 is 0 Å². The third kappa shape index (κ3) is 2.96. The minimum atomic E-state index is -0.218. The summed E-state index contributed by atoms with van der Waals surface area (Å²) in [6.45, 7) is 4.57. The highest BCUT2D eigenvalue weighted by Crippen LogP contribution is 2.26. The number of hydrogen-bond acceptors (Lipinski definition) is 2. The highest BCUT2D eigenvalue weighted by Gasteiger charge is 2.17. The summed E-state index contributed by atoms with van der Waals surface area (Å²) in [5, 5.41) is 0. The molecule has 0 aliphatic carbocycles. The minimum Gasteiger partial charge on any atom is -0.385 e. The second kappa shape index (κ2) is 6.55. The van der Waals surface area contributed by atoms with Crippen molar-refractivity contribution in [1.82, 2.24) is 9.55 Å². The first kappa shape index (κ1) is 15.3. The van der Waals surface area contributed by atoms with Gasteiger partial charge in [0.2, 0.25) is 0 Å². The third-order valence-corrected chi connectivity index (χ3v) is 3.73.